The van der Waals surface area contributed by atoms with Crippen LogP contribution in [0.25, 0.3) is 0 Å². The molecule has 0 bridgehead atoms. The van der Waals surface area contributed by atoms with Crippen LogP contribution in [-0.2, 0) is 9.53 Å². The topological polar surface area (TPSA) is 46.5 Å². The largest absolute Gasteiger partial charge is 0.462 e. The number of hydrogen-bond acceptors (Lipinski definition) is 3. The van der Waals surface area contributed by atoms with Gasteiger partial charge in [0.2, 0.25) is 0 Å². The molecule has 198 valence electrons. The van der Waals surface area contributed by atoms with Gasteiger partial charge < -0.3 is 9.84 Å². The Hall–Kier alpha value is -0.830. The summed E-state index contributed by atoms with van der Waals surface area (Å²) in [5, 5.41) is 10.1. The molecule has 5 saturated carbocycles. The van der Waals surface area contributed by atoms with Gasteiger partial charge in [-0.2, -0.15) is 0 Å². The first-order chi connectivity index (χ1) is 16.1. The van der Waals surface area contributed by atoms with E-state index < -0.39 is 5.60 Å². The van der Waals surface area contributed by atoms with Gasteiger partial charge in [0.25, 0.3) is 0 Å². The molecule has 1 N–H and O–H groups in total. The molecule has 0 aromatic rings. The fraction of sp³-hybridized carbons (Fsp3) is 0.906. The molecule has 0 aromatic carbocycles. The van der Waals surface area contributed by atoms with Crippen LogP contribution in [0.4, 0.5) is 0 Å². The second kappa shape index (κ2) is 7.84. The van der Waals surface area contributed by atoms with Crippen molar-refractivity contribution in [2.75, 3.05) is 0 Å². The minimum atomic E-state index is -0.716. The summed E-state index contributed by atoms with van der Waals surface area (Å²) in [6.45, 7) is 17.9. The summed E-state index contributed by atoms with van der Waals surface area (Å²) in [6.07, 6.45) is 17.4. The quantitative estimate of drug-likeness (QED) is 0.321. The maximum absolute atomic E-state index is 11.8. The highest BCUT2D eigenvalue weighted by Gasteiger charge is 2.82. The first kappa shape index (κ1) is 25.8. The molecule has 9 atom stereocenters. The van der Waals surface area contributed by atoms with Gasteiger partial charge in [-0.3, -0.25) is 4.79 Å². The lowest BCUT2D eigenvalue weighted by atomic mass is 9.41. The van der Waals surface area contributed by atoms with Crippen molar-refractivity contribution in [1.82, 2.24) is 0 Å². The molecule has 0 saturated heterocycles. The fourth-order valence-electron chi connectivity index (χ4n) is 11.4. The SMILES string of the molecule is CC(=O)O[C@H]1CC[C@]23C[C@]24CC[C@]2(C)[C@@H]([C@H](C)C/C=C\C(C)(C)O)CC[C@@]2(C)[C@H]4CC[C@H]3C1(C)C. The maximum Gasteiger partial charge on any atom is 0.302 e. The van der Waals surface area contributed by atoms with Crippen LogP contribution >= 0.6 is 0 Å². The Bertz CT molecular complexity index is 897. The predicted octanol–water partition coefficient (Wildman–Crippen LogP) is 7.71. The molecule has 5 aliphatic rings. The zero-order valence-electron chi connectivity index (χ0n) is 23.9. The van der Waals surface area contributed by atoms with Crippen molar-refractivity contribution < 1.29 is 14.6 Å². The normalized spacial score (nSPS) is 48.9. The monoisotopic (exact) mass is 484 g/mol. The summed E-state index contributed by atoms with van der Waals surface area (Å²) in [7, 11) is 0. The lowest BCUT2D eigenvalue weighted by Gasteiger charge is -2.63. The molecule has 0 radical (unpaired) electrons. The van der Waals surface area contributed by atoms with E-state index in [4.69, 9.17) is 4.74 Å². The summed E-state index contributed by atoms with van der Waals surface area (Å²) in [5.41, 5.74) is 1.27. The van der Waals surface area contributed by atoms with Crippen LogP contribution in [0.2, 0.25) is 0 Å². The van der Waals surface area contributed by atoms with Crippen LogP contribution in [0.5, 0.6) is 0 Å². The number of rotatable bonds is 5. The van der Waals surface area contributed by atoms with E-state index in [0.717, 1.165) is 24.7 Å². The molecule has 0 amide bonds. The number of ether oxygens (including phenoxy) is 1. The van der Waals surface area contributed by atoms with E-state index in [-0.39, 0.29) is 17.5 Å². The first-order valence-corrected chi connectivity index (χ1v) is 14.7. The van der Waals surface area contributed by atoms with Gasteiger partial charge in [-0.05, 0) is 123 Å². The third-order valence-corrected chi connectivity index (χ3v) is 13.1. The highest BCUT2D eigenvalue weighted by Crippen LogP contribution is 2.89. The molecular formula is C32H52O3. The van der Waals surface area contributed by atoms with Crippen LogP contribution in [0.1, 0.15) is 120 Å². The smallest absolute Gasteiger partial charge is 0.302 e. The number of allylic oxidation sites excluding steroid dienone is 1. The molecule has 0 aromatic heterocycles. The van der Waals surface area contributed by atoms with Gasteiger partial charge in [0, 0.05) is 12.3 Å². The van der Waals surface area contributed by atoms with Crippen molar-refractivity contribution in [2.24, 2.45) is 50.7 Å². The maximum atomic E-state index is 11.8. The molecule has 0 unspecified atom stereocenters. The minimum Gasteiger partial charge on any atom is -0.462 e. The summed E-state index contributed by atoms with van der Waals surface area (Å²) >= 11 is 0. The number of fused-ring (bicyclic) bond motifs is 2. The molecular weight excluding hydrogens is 432 g/mol. The van der Waals surface area contributed by atoms with E-state index in [0.29, 0.717) is 33.5 Å². The van der Waals surface area contributed by atoms with Crippen LogP contribution in [0.15, 0.2) is 12.2 Å². The molecule has 2 spiro atoms. The van der Waals surface area contributed by atoms with E-state index >= 15 is 0 Å². The van der Waals surface area contributed by atoms with Gasteiger partial charge >= 0.3 is 5.97 Å². The number of esters is 1. The van der Waals surface area contributed by atoms with Crippen LogP contribution in [0.3, 0.4) is 0 Å². The zero-order chi connectivity index (χ0) is 25.7. The average molecular weight is 485 g/mol. The lowest BCUT2D eigenvalue weighted by molar-refractivity contribution is -0.181. The van der Waals surface area contributed by atoms with Crippen LogP contribution in [0, 0.1) is 50.7 Å². The zero-order valence-corrected chi connectivity index (χ0v) is 23.9. The first-order valence-electron chi connectivity index (χ1n) is 14.7. The Morgan fingerprint density at radius 3 is 2.29 bits per heavy atom. The number of hydrogen-bond donors (Lipinski definition) is 1. The van der Waals surface area contributed by atoms with E-state index in [9.17, 15) is 9.90 Å². The third kappa shape index (κ3) is 3.48. The molecule has 5 fully saturated rings. The lowest BCUT2D eigenvalue weighted by Crippen LogP contribution is -2.58. The van der Waals surface area contributed by atoms with Crippen LogP contribution < -0.4 is 0 Å². The Balaban J connectivity index is 1.38. The summed E-state index contributed by atoms with van der Waals surface area (Å²) in [5.74, 6) is 2.88. The highest BCUT2D eigenvalue weighted by atomic mass is 16.5. The van der Waals surface area contributed by atoms with E-state index in [1.807, 2.05) is 19.9 Å². The Labute approximate surface area is 214 Å². The summed E-state index contributed by atoms with van der Waals surface area (Å²) in [6, 6.07) is 0. The molecule has 5 aliphatic carbocycles. The number of carbonyl (C=O) groups excluding carboxylic acids is 1. The van der Waals surface area contributed by atoms with Gasteiger partial charge in [-0.25, -0.2) is 0 Å². The minimum absolute atomic E-state index is 0.0829. The van der Waals surface area contributed by atoms with Crippen molar-refractivity contribution in [3.8, 4) is 0 Å². The Morgan fingerprint density at radius 1 is 0.971 bits per heavy atom. The molecule has 3 heteroatoms. The van der Waals surface area contributed by atoms with E-state index in [1.165, 1.54) is 51.4 Å². The van der Waals surface area contributed by atoms with Gasteiger partial charge in [0.15, 0.2) is 0 Å². The number of carbonyl (C=O) groups is 1. The van der Waals surface area contributed by atoms with Crippen molar-refractivity contribution in [2.45, 2.75) is 131 Å². The predicted molar refractivity (Wildman–Crippen MR) is 142 cm³/mol. The second-order valence-corrected chi connectivity index (χ2v) is 15.4. The van der Waals surface area contributed by atoms with Crippen molar-refractivity contribution >= 4 is 5.97 Å². The van der Waals surface area contributed by atoms with Crippen molar-refractivity contribution in [3.63, 3.8) is 0 Å². The molecule has 35 heavy (non-hydrogen) atoms. The number of aliphatic hydroxyl groups is 1. The van der Waals surface area contributed by atoms with Gasteiger partial charge in [0.1, 0.15) is 6.10 Å². The molecule has 0 aliphatic heterocycles. The van der Waals surface area contributed by atoms with Crippen molar-refractivity contribution in [3.05, 3.63) is 12.2 Å². The van der Waals surface area contributed by atoms with Crippen LogP contribution in [-0.4, -0.2) is 22.8 Å². The average Bonchev–Trinajstić information content (AvgIpc) is 3.31. The second-order valence-electron chi connectivity index (χ2n) is 15.4. The van der Waals surface area contributed by atoms with Gasteiger partial charge in [0.05, 0.1) is 5.60 Å². The van der Waals surface area contributed by atoms with Crippen molar-refractivity contribution in [1.29, 1.82) is 0 Å². The summed E-state index contributed by atoms with van der Waals surface area (Å²) in [4.78, 5) is 11.8. The molecule has 5 rings (SSSR count). The standard InChI is InChI=1S/C32H52O3/c1-21(10-9-15-27(3,4)34)23-13-16-30(8)25-12-11-24-28(5,6)26(35-22(2)33)14-17-31(24)20-32(25,31)19-18-29(23,30)7/h9,15,21,23-26,34H,10-14,16-20H2,1-8H3/b15-9-/t21-,23-,24+,25-,26+,29-,30+,31-,32+/m1/s1. The summed E-state index contributed by atoms with van der Waals surface area (Å²) < 4.78 is 5.89. The Morgan fingerprint density at radius 2 is 1.63 bits per heavy atom. The molecule has 3 nitrogen and oxygen atoms in total. The third-order valence-electron chi connectivity index (χ3n) is 13.1. The van der Waals surface area contributed by atoms with Gasteiger partial charge in [-0.15, -0.1) is 0 Å². The van der Waals surface area contributed by atoms with E-state index in [2.05, 4.69) is 40.7 Å². The fourth-order valence-corrected chi connectivity index (χ4v) is 11.4. The van der Waals surface area contributed by atoms with Gasteiger partial charge in [-0.1, -0.05) is 46.8 Å². The molecule has 0 heterocycles. The Kier molecular flexibility index (Phi) is 5.78. The van der Waals surface area contributed by atoms with E-state index in [1.54, 1.807) is 6.92 Å². The highest BCUT2D eigenvalue weighted by molar-refractivity contribution is 5.66.